The number of carbonyl (C=O) groups excluding carboxylic acids is 2. The number of rotatable bonds is 5. The second-order valence-electron chi connectivity index (χ2n) is 3.99. The highest BCUT2D eigenvalue weighted by Crippen LogP contribution is 2.04. The van der Waals surface area contributed by atoms with Crippen LogP contribution in [-0.2, 0) is 20.7 Å². The van der Waals surface area contributed by atoms with E-state index in [2.05, 4.69) is 0 Å². The summed E-state index contributed by atoms with van der Waals surface area (Å²) in [5.41, 5.74) is 6.68. The van der Waals surface area contributed by atoms with E-state index in [9.17, 15) is 9.59 Å². The molecule has 0 aromatic heterocycles. The summed E-state index contributed by atoms with van der Waals surface area (Å²) in [5.74, 6) is -0.734. The van der Waals surface area contributed by atoms with Gasteiger partial charge in [0, 0.05) is 0 Å². The molecular weight excluding hydrogens is 218 g/mol. The molecule has 0 spiro atoms. The van der Waals surface area contributed by atoms with Crippen LogP contribution < -0.4 is 5.73 Å². The Kier molecular flexibility index (Phi) is 4.84. The quantitative estimate of drug-likeness (QED) is 0.775. The predicted octanol–water partition coefficient (Wildman–Crippen LogP) is 1.08. The van der Waals surface area contributed by atoms with Gasteiger partial charge in [0.05, 0.1) is 0 Å². The Labute approximate surface area is 101 Å². The number of esters is 1. The van der Waals surface area contributed by atoms with Crippen LogP contribution in [0, 0.1) is 0 Å². The zero-order chi connectivity index (χ0) is 12.8. The molecule has 4 nitrogen and oxygen atoms in total. The molecule has 17 heavy (non-hydrogen) atoms. The Morgan fingerprint density at radius 3 is 2.41 bits per heavy atom. The highest BCUT2D eigenvalue weighted by molar-refractivity contribution is 5.84. The third-order valence-corrected chi connectivity index (χ3v) is 2.47. The first-order valence-electron chi connectivity index (χ1n) is 5.51. The van der Waals surface area contributed by atoms with Gasteiger partial charge in [-0.15, -0.1) is 0 Å². The van der Waals surface area contributed by atoms with Crippen molar-refractivity contribution in [1.29, 1.82) is 0 Å². The van der Waals surface area contributed by atoms with Crippen molar-refractivity contribution >= 4 is 11.8 Å². The van der Waals surface area contributed by atoms with Crippen molar-refractivity contribution in [3.63, 3.8) is 0 Å². The van der Waals surface area contributed by atoms with Gasteiger partial charge >= 0.3 is 5.97 Å². The van der Waals surface area contributed by atoms with Gasteiger partial charge in [0.1, 0.15) is 6.04 Å². The summed E-state index contributed by atoms with van der Waals surface area (Å²) in [6.07, 6.45) is -0.325. The fourth-order valence-corrected chi connectivity index (χ4v) is 1.30. The van der Waals surface area contributed by atoms with E-state index in [0.29, 0.717) is 6.42 Å². The monoisotopic (exact) mass is 235 g/mol. The smallest absolute Gasteiger partial charge is 0.323 e. The van der Waals surface area contributed by atoms with Crippen LogP contribution in [0.25, 0.3) is 0 Å². The van der Waals surface area contributed by atoms with Crippen molar-refractivity contribution in [3.05, 3.63) is 35.9 Å². The molecule has 0 saturated heterocycles. The molecule has 2 N–H and O–H groups in total. The van der Waals surface area contributed by atoms with Crippen LogP contribution in [0.5, 0.6) is 0 Å². The van der Waals surface area contributed by atoms with Gasteiger partial charge in [0.2, 0.25) is 0 Å². The molecule has 1 aromatic carbocycles. The summed E-state index contributed by atoms with van der Waals surface area (Å²) in [5, 5.41) is 0. The van der Waals surface area contributed by atoms with Crippen LogP contribution in [0.2, 0.25) is 0 Å². The number of carbonyl (C=O) groups is 2. The van der Waals surface area contributed by atoms with Crippen LogP contribution in [0.1, 0.15) is 19.4 Å². The highest BCUT2D eigenvalue weighted by atomic mass is 16.5. The van der Waals surface area contributed by atoms with Crippen molar-refractivity contribution < 1.29 is 14.3 Å². The molecule has 0 saturated carbocycles. The Morgan fingerprint density at radius 1 is 1.29 bits per heavy atom. The lowest BCUT2D eigenvalue weighted by Gasteiger charge is -2.14. The zero-order valence-corrected chi connectivity index (χ0v) is 10.1. The molecule has 0 fully saturated rings. The number of benzene rings is 1. The number of ether oxygens (including phenoxy) is 1. The third kappa shape index (κ3) is 4.36. The van der Waals surface area contributed by atoms with Crippen molar-refractivity contribution in [2.75, 3.05) is 0 Å². The van der Waals surface area contributed by atoms with Crippen molar-refractivity contribution in [1.82, 2.24) is 0 Å². The molecule has 1 rings (SSSR count). The maximum atomic E-state index is 11.6. The minimum absolute atomic E-state index is 0.190. The molecule has 4 heteroatoms. The predicted molar refractivity (Wildman–Crippen MR) is 64.4 cm³/mol. The Bertz CT molecular complexity index is 389. The molecule has 0 heterocycles. The lowest BCUT2D eigenvalue weighted by molar-refractivity contribution is -0.154. The molecule has 1 unspecified atom stereocenters. The maximum absolute atomic E-state index is 11.6. The van der Waals surface area contributed by atoms with Crippen LogP contribution in [0.15, 0.2) is 30.3 Å². The topological polar surface area (TPSA) is 69.4 Å². The van der Waals surface area contributed by atoms with Crippen LogP contribution in [-0.4, -0.2) is 23.9 Å². The van der Waals surface area contributed by atoms with Crippen LogP contribution in [0.3, 0.4) is 0 Å². The van der Waals surface area contributed by atoms with E-state index in [1.165, 1.54) is 13.8 Å². The number of nitrogens with two attached hydrogens (primary N) is 1. The van der Waals surface area contributed by atoms with Gasteiger partial charge < -0.3 is 10.5 Å². The van der Waals surface area contributed by atoms with Gasteiger partial charge in [-0.25, -0.2) is 0 Å². The summed E-state index contributed by atoms with van der Waals surface area (Å²) in [6.45, 7) is 2.91. The van der Waals surface area contributed by atoms with Gasteiger partial charge in [-0.05, 0) is 25.8 Å². The van der Waals surface area contributed by atoms with E-state index in [-0.39, 0.29) is 5.78 Å². The average Bonchev–Trinajstić information content (AvgIpc) is 2.29. The van der Waals surface area contributed by atoms with Gasteiger partial charge in [0.25, 0.3) is 0 Å². The summed E-state index contributed by atoms with van der Waals surface area (Å²) < 4.78 is 4.93. The second kappa shape index (κ2) is 6.15. The molecular formula is C13H17NO3. The Balaban J connectivity index is 2.50. The number of ketones is 1. The lowest BCUT2D eigenvalue weighted by Crippen LogP contribution is -2.37. The van der Waals surface area contributed by atoms with E-state index in [4.69, 9.17) is 10.5 Å². The van der Waals surface area contributed by atoms with Crippen LogP contribution in [0.4, 0.5) is 0 Å². The number of hydrogen-bond acceptors (Lipinski definition) is 4. The summed E-state index contributed by atoms with van der Waals surface area (Å²) >= 11 is 0. The fourth-order valence-electron chi connectivity index (χ4n) is 1.30. The first kappa shape index (κ1) is 13.4. The molecule has 1 aromatic rings. The molecule has 0 aliphatic rings. The van der Waals surface area contributed by atoms with Gasteiger partial charge in [-0.1, -0.05) is 30.3 Å². The van der Waals surface area contributed by atoms with E-state index >= 15 is 0 Å². The van der Waals surface area contributed by atoms with Crippen molar-refractivity contribution in [2.24, 2.45) is 5.73 Å². The molecule has 0 aliphatic heterocycles. The second-order valence-corrected chi connectivity index (χ2v) is 3.99. The summed E-state index contributed by atoms with van der Waals surface area (Å²) in [6, 6.07) is 8.70. The Hall–Kier alpha value is -1.68. The van der Waals surface area contributed by atoms with Gasteiger partial charge in [-0.3, -0.25) is 9.59 Å². The number of hydrogen-bond donors (Lipinski definition) is 1. The standard InChI is InChI=1S/C13H17NO3/c1-9(15)10(2)17-13(16)12(14)8-11-6-4-3-5-7-11/h3-7,10,12H,8,14H2,1-2H3/t10?,12-/m0/s1. The summed E-state index contributed by atoms with van der Waals surface area (Å²) in [7, 11) is 0. The zero-order valence-electron chi connectivity index (χ0n) is 10.1. The lowest BCUT2D eigenvalue weighted by atomic mass is 10.1. The Morgan fingerprint density at radius 2 is 1.88 bits per heavy atom. The minimum atomic E-state index is -0.737. The van der Waals surface area contributed by atoms with Gasteiger partial charge in [-0.2, -0.15) is 0 Å². The first-order valence-corrected chi connectivity index (χ1v) is 5.51. The van der Waals surface area contributed by atoms with Crippen molar-refractivity contribution in [2.45, 2.75) is 32.4 Å². The largest absolute Gasteiger partial charge is 0.454 e. The highest BCUT2D eigenvalue weighted by Gasteiger charge is 2.20. The van der Waals surface area contributed by atoms with Gasteiger partial charge in [0.15, 0.2) is 11.9 Å². The molecule has 0 aliphatic carbocycles. The summed E-state index contributed by atoms with van der Waals surface area (Å²) in [4.78, 5) is 22.5. The first-order chi connectivity index (χ1) is 8.00. The fraction of sp³-hybridized carbons (Fsp3) is 0.385. The maximum Gasteiger partial charge on any atom is 0.323 e. The minimum Gasteiger partial charge on any atom is -0.454 e. The number of Topliss-reactive ketones (excluding diaryl/α,β-unsaturated/α-hetero) is 1. The molecule has 0 bridgehead atoms. The average molecular weight is 235 g/mol. The molecule has 2 atom stereocenters. The van der Waals surface area contributed by atoms with Crippen molar-refractivity contribution in [3.8, 4) is 0 Å². The molecule has 0 amide bonds. The molecule has 92 valence electrons. The molecule has 0 radical (unpaired) electrons. The van der Waals surface area contributed by atoms with E-state index in [0.717, 1.165) is 5.56 Å². The third-order valence-electron chi connectivity index (χ3n) is 2.47. The SMILES string of the molecule is CC(=O)C(C)OC(=O)[C@@H](N)Cc1ccccc1. The van der Waals surface area contributed by atoms with E-state index in [1.54, 1.807) is 0 Å². The van der Waals surface area contributed by atoms with Crippen LogP contribution >= 0.6 is 0 Å². The normalized spacial score (nSPS) is 13.8. The van der Waals surface area contributed by atoms with E-state index < -0.39 is 18.1 Å². The van der Waals surface area contributed by atoms with E-state index in [1.807, 2.05) is 30.3 Å².